The van der Waals surface area contributed by atoms with Crippen LogP contribution in [0.2, 0.25) is 0 Å². The van der Waals surface area contributed by atoms with E-state index in [0.29, 0.717) is 0 Å². The first kappa shape index (κ1) is 16.2. The lowest BCUT2D eigenvalue weighted by Gasteiger charge is -2.37. The summed E-state index contributed by atoms with van der Waals surface area (Å²) in [6.07, 6.45) is 1.16. The van der Waals surface area contributed by atoms with Gasteiger partial charge in [0, 0.05) is 13.1 Å². The van der Waals surface area contributed by atoms with Crippen LogP contribution in [0.25, 0.3) is 0 Å². The Labute approximate surface area is 126 Å². The van der Waals surface area contributed by atoms with Gasteiger partial charge in [-0.05, 0) is 37.7 Å². The van der Waals surface area contributed by atoms with Crippen molar-refractivity contribution in [1.82, 2.24) is 10.2 Å². The Kier molecular flexibility index (Phi) is 5.96. The number of methoxy groups -OCH3 is 1. The van der Waals surface area contributed by atoms with Crippen molar-refractivity contribution in [2.24, 2.45) is 0 Å². The quantitative estimate of drug-likeness (QED) is 0.872. The Hall–Kier alpha value is -1.17. The molecule has 1 fully saturated rings. The van der Waals surface area contributed by atoms with Crippen molar-refractivity contribution in [3.05, 3.63) is 29.6 Å². The zero-order valence-corrected chi connectivity index (χ0v) is 13.1. The van der Waals surface area contributed by atoms with Crippen molar-refractivity contribution in [2.75, 3.05) is 40.4 Å². The minimum atomic E-state index is -0.337. The van der Waals surface area contributed by atoms with Gasteiger partial charge in [0.1, 0.15) is 0 Å². The molecule has 1 aromatic rings. The molecule has 0 bridgehead atoms. The van der Waals surface area contributed by atoms with Gasteiger partial charge in [0.15, 0.2) is 11.6 Å². The van der Waals surface area contributed by atoms with Crippen molar-refractivity contribution in [3.8, 4) is 5.75 Å². The van der Waals surface area contributed by atoms with E-state index in [1.807, 2.05) is 13.1 Å². The van der Waals surface area contributed by atoms with Crippen molar-refractivity contribution < 1.29 is 13.9 Å². The van der Waals surface area contributed by atoms with E-state index in [2.05, 4.69) is 17.1 Å². The van der Waals surface area contributed by atoms with Gasteiger partial charge in [-0.3, -0.25) is 4.90 Å². The molecule has 1 aromatic carbocycles. The molecule has 1 saturated heterocycles. The van der Waals surface area contributed by atoms with Crippen molar-refractivity contribution in [2.45, 2.75) is 25.5 Å². The smallest absolute Gasteiger partial charge is 0.165 e. The summed E-state index contributed by atoms with van der Waals surface area (Å²) in [6.45, 7) is 5.82. The van der Waals surface area contributed by atoms with Crippen LogP contribution in [0.1, 0.15) is 24.9 Å². The molecule has 2 unspecified atom stereocenters. The summed E-state index contributed by atoms with van der Waals surface area (Å²) >= 11 is 0. The lowest BCUT2D eigenvalue weighted by molar-refractivity contribution is -0.0459. The number of rotatable bonds is 6. The van der Waals surface area contributed by atoms with Crippen LogP contribution in [0.4, 0.5) is 4.39 Å². The molecular formula is C16H25FN2O2. The number of benzene rings is 1. The molecule has 0 aromatic heterocycles. The molecule has 4 nitrogen and oxygen atoms in total. The number of halogens is 1. The van der Waals surface area contributed by atoms with Crippen molar-refractivity contribution >= 4 is 0 Å². The van der Waals surface area contributed by atoms with Crippen molar-refractivity contribution in [1.29, 1.82) is 0 Å². The summed E-state index contributed by atoms with van der Waals surface area (Å²) in [5.74, 6) is -0.0674. The van der Waals surface area contributed by atoms with E-state index in [4.69, 9.17) is 9.47 Å². The second kappa shape index (κ2) is 7.73. The molecule has 0 aliphatic carbocycles. The summed E-state index contributed by atoms with van der Waals surface area (Å²) < 4.78 is 24.8. The molecule has 118 valence electrons. The Bertz CT molecular complexity index is 454. The maximum Gasteiger partial charge on any atom is 0.165 e. The number of nitrogens with zero attached hydrogens (tertiary/aromatic N) is 1. The molecule has 0 spiro atoms. The molecule has 1 aliphatic heterocycles. The third-order valence-corrected chi connectivity index (χ3v) is 3.94. The first-order valence-corrected chi connectivity index (χ1v) is 7.54. The fourth-order valence-electron chi connectivity index (χ4n) is 2.90. The Balaban J connectivity index is 2.13. The maximum atomic E-state index is 13.9. The highest BCUT2D eigenvalue weighted by Crippen LogP contribution is 2.26. The summed E-state index contributed by atoms with van der Waals surface area (Å²) in [6, 6.07) is 5.07. The first-order chi connectivity index (χ1) is 10.2. The molecule has 1 N–H and O–H groups in total. The largest absolute Gasteiger partial charge is 0.494 e. The van der Waals surface area contributed by atoms with Gasteiger partial charge in [0.05, 0.1) is 25.9 Å². The van der Waals surface area contributed by atoms with Crippen molar-refractivity contribution in [3.63, 3.8) is 0 Å². The Morgan fingerprint density at radius 2 is 2.33 bits per heavy atom. The molecule has 5 heteroatoms. The van der Waals surface area contributed by atoms with Gasteiger partial charge in [-0.2, -0.15) is 0 Å². The first-order valence-electron chi connectivity index (χ1n) is 7.54. The Morgan fingerprint density at radius 1 is 1.52 bits per heavy atom. The molecule has 1 aliphatic rings. The van der Waals surface area contributed by atoms with E-state index in [-0.39, 0.29) is 23.7 Å². The summed E-state index contributed by atoms with van der Waals surface area (Å²) in [4.78, 5) is 2.40. The monoisotopic (exact) mass is 296 g/mol. The fraction of sp³-hybridized carbons (Fsp3) is 0.625. The van der Waals surface area contributed by atoms with Gasteiger partial charge in [-0.1, -0.05) is 13.0 Å². The van der Waals surface area contributed by atoms with Crippen LogP contribution >= 0.6 is 0 Å². The zero-order chi connectivity index (χ0) is 15.2. The molecule has 0 saturated carbocycles. The molecule has 2 atom stereocenters. The highest BCUT2D eigenvalue weighted by Gasteiger charge is 2.28. The highest BCUT2D eigenvalue weighted by atomic mass is 19.1. The minimum Gasteiger partial charge on any atom is -0.494 e. The summed E-state index contributed by atoms with van der Waals surface area (Å²) in [5.41, 5.74) is 0.888. The van der Waals surface area contributed by atoms with Gasteiger partial charge >= 0.3 is 0 Å². The number of hydrogen-bond donors (Lipinski definition) is 1. The average molecular weight is 296 g/mol. The zero-order valence-electron chi connectivity index (χ0n) is 13.1. The fourth-order valence-corrected chi connectivity index (χ4v) is 2.90. The predicted molar refractivity (Wildman–Crippen MR) is 81.2 cm³/mol. The van der Waals surface area contributed by atoms with E-state index in [1.165, 1.54) is 13.2 Å². The predicted octanol–water partition coefficient (Wildman–Crippen LogP) is 2.21. The van der Waals surface area contributed by atoms with E-state index >= 15 is 0 Å². The molecular weight excluding hydrogens is 271 g/mol. The van der Waals surface area contributed by atoms with Gasteiger partial charge in [0.25, 0.3) is 0 Å². The van der Waals surface area contributed by atoms with Crippen LogP contribution in [0.5, 0.6) is 5.75 Å². The molecule has 1 heterocycles. The van der Waals surface area contributed by atoms with Gasteiger partial charge in [-0.25, -0.2) is 4.39 Å². The van der Waals surface area contributed by atoms with Gasteiger partial charge < -0.3 is 14.8 Å². The lowest BCUT2D eigenvalue weighted by atomic mass is 9.99. The summed E-state index contributed by atoms with van der Waals surface area (Å²) in [5, 5.41) is 3.26. The number of hydrogen-bond acceptors (Lipinski definition) is 4. The topological polar surface area (TPSA) is 33.7 Å². The average Bonchev–Trinajstić information content (AvgIpc) is 2.49. The molecule has 2 rings (SSSR count). The third-order valence-electron chi connectivity index (χ3n) is 3.94. The van der Waals surface area contributed by atoms with E-state index in [0.717, 1.165) is 38.2 Å². The van der Waals surface area contributed by atoms with Crippen LogP contribution in [0.15, 0.2) is 18.2 Å². The van der Waals surface area contributed by atoms with Crippen LogP contribution in [0.3, 0.4) is 0 Å². The maximum absolute atomic E-state index is 13.9. The van der Waals surface area contributed by atoms with Gasteiger partial charge in [0.2, 0.25) is 0 Å². The number of ether oxygens (including phenoxy) is 2. The second-order valence-corrected chi connectivity index (χ2v) is 5.37. The number of nitrogens with one attached hydrogen (secondary N) is 1. The van der Waals surface area contributed by atoms with Crippen LogP contribution in [-0.2, 0) is 4.74 Å². The van der Waals surface area contributed by atoms with E-state index in [9.17, 15) is 4.39 Å². The summed E-state index contributed by atoms with van der Waals surface area (Å²) in [7, 11) is 3.36. The SMILES string of the molecule is CCCN1CCOC(C(NC)c2ccc(OC)c(F)c2)C1. The van der Waals surface area contributed by atoms with Crippen LogP contribution < -0.4 is 10.1 Å². The van der Waals surface area contributed by atoms with E-state index in [1.54, 1.807) is 6.07 Å². The highest BCUT2D eigenvalue weighted by molar-refractivity contribution is 5.31. The van der Waals surface area contributed by atoms with E-state index < -0.39 is 0 Å². The molecule has 21 heavy (non-hydrogen) atoms. The minimum absolute atomic E-state index is 0.0231. The van der Waals surface area contributed by atoms with Crippen LogP contribution in [-0.4, -0.2) is 51.4 Å². The third kappa shape index (κ3) is 3.93. The standard InChI is InChI=1S/C16H25FN2O2/c1-4-7-19-8-9-21-15(11-19)16(18-2)12-5-6-14(20-3)13(17)10-12/h5-6,10,15-16,18H,4,7-9,11H2,1-3H3. The van der Waals surface area contributed by atoms with Crippen LogP contribution in [0, 0.1) is 5.82 Å². The number of morpholine rings is 1. The number of likely N-dealkylation sites (N-methyl/N-ethyl adjacent to an activating group) is 1. The Morgan fingerprint density at radius 3 is 2.95 bits per heavy atom. The molecule has 0 amide bonds. The molecule has 0 radical (unpaired) electrons. The van der Waals surface area contributed by atoms with Gasteiger partial charge in [-0.15, -0.1) is 0 Å². The lowest BCUT2D eigenvalue weighted by Crippen LogP contribution is -2.47. The second-order valence-electron chi connectivity index (χ2n) is 5.37. The normalized spacial score (nSPS) is 21.2.